The molecule has 2 aliphatic rings. The third-order valence-corrected chi connectivity index (χ3v) is 5.39. The molecule has 3 unspecified atom stereocenters. The van der Waals surface area contributed by atoms with Crippen LogP contribution in [0.15, 0.2) is 11.4 Å². The summed E-state index contributed by atoms with van der Waals surface area (Å²) in [6.45, 7) is 3.53. The predicted octanol–water partition coefficient (Wildman–Crippen LogP) is 2.94. The fraction of sp³-hybridized carbons (Fsp3) is 0.714. The van der Waals surface area contributed by atoms with Crippen molar-refractivity contribution in [3.8, 4) is 0 Å². The highest BCUT2D eigenvalue weighted by Gasteiger charge is 2.32. The molecule has 0 spiro atoms. The van der Waals surface area contributed by atoms with Crippen LogP contribution in [-0.2, 0) is 6.42 Å². The van der Waals surface area contributed by atoms with Crippen molar-refractivity contribution < 1.29 is 0 Å². The molecule has 3 atom stereocenters. The average molecular weight is 250 g/mol. The van der Waals surface area contributed by atoms with Crippen molar-refractivity contribution in [3.63, 3.8) is 0 Å². The molecule has 1 aromatic rings. The monoisotopic (exact) mass is 250 g/mol. The molecule has 1 aromatic heterocycles. The lowest BCUT2D eigenvalue weighted by molar-refractivity contribution is 0.0860. The molecule has 17 heavy (non-hydrogen) atoms. The highest BCUT2D eigenvalue weighted by molar-refractivity contribution is 7.10. The Morgan fingerprint density at radius 1 is 1.41 bits per heavy atom. The number of piperidine rings is 1. The van der Waals surface area contributed by atoms with Crippen LogP contribution < -0.4 is 5.73 Å². The number of nitrogens with two attached hydrogens (primary N) is 1. The van der Waals surface area contributed by atoms with Crippen molar-refractivity contribution in [1.29, 1.82) is 0 Å². The lowest BCUT2D eigenvalue weighted by Gasteiger charge is -2.43. The minimum atomic E-state index is 0.423. The number of likely N-dealkylation sites (tertiary alicyclic amines) is 1. The van der Waals surface area contributed by atoms with Crippen LogP contribution in [0.2, 0.25) is 0 Å². The fourth-order valence-electron chi connectivity index (χ4n) is 3.50. The number of hydrogen-bond acceptors (Lipinski definition) is 3. The normalized spacial score (nSPS) is 34.6. The van der Waals surface area contributed by atoms with Gasteiger partial charge >= 0.3 is 0 Å². The maximum atomic E-state index is 6.07. The second-order valence-corrected chi connectivity index (χ2v) is 6.58. The Morgan fingerprint density at radius 2 is 2.29 bits per heavy atom. The van der Waals surface area contributed by atoms with Gasteiger partial charge in [0, 0.05) is 29.5 Å². The maximum Gasteiger partial charge on any atom is 0.0362 e. The van der Waals surface area contributed by atoms with E-state index in [1.165, 1.54) is 32.2 Å². The van der Waals surface area contributed by atoms with Gasteiger partial charge in [0.1, 0.15) is 0 Å². The molecule has 1 fully saturated rings. The smallest absolute Gasteiger partial charge is 0.0362 e. The molecule has 2 heterocycles. The molecular formula is C14H22N2S. The molecule has 1 saturated heterocycles. The minimum absolute atomic E-state index is 0.423. The zero-order chi connectivity index (χ0) is 11.8. The van der Waals surface area contributed by atoms with Crippen LogP contribution in [0.4, 0.5) is 0 Å². The number of rotatable bonds is 1. The lowest BCUT2D eigenvalue weighted by Crippen LogP contribution is -2.47. The Kier molecular flexibility index (Phi) is 3.24. The third kappa shape index (κ3) is 2.16. The average Bonchev–Trinajstić information content (AvgIpc) is 2.77. The molecule has 3 rings (SSSR count). The van der Waals surface area contributed by atoms with Crippen LogP contribution in [0, 0.1) is 0 Å². The maximum absolute atomic E-state index is 6.07. The zero-order valence-corrected chi connectivity index (χ0v) is 11.4. The van der Waals surface area contributed by atoms with E-state index in [1.54, 1.807) is 10.4 Å². The van der Waals surface area contributed by atoms with E-state index >= 15 is 0 Å². The summed E-state index contributed by atoms with van der Waals surface area (Å²) in [7, 11) is 0. The Balaban J connectivity index is 1.82. The van der Waals surface area contributed by atoms with Crippen LogP contribution >= 0.6 is 11.3 Å². The first-order valence-electron chi connectivity index (χ1n) is 6.83. The van der Waals surface area contributed by atoms with Gasteiger partial charge < -0.3 is 5.73 Å². The lowest BCUT2D eigenvalue weighted by atomic mass is 9.88. The molecule has 0 bridgehead atoms. The van der Waals surface area contributed by atoms with Crippen LogP contribution in [-0.4, -0.2) is 23.5 Å². The zero-order valence-electron chi connectivity index (χ0n) is 10.6. The third-order valence-electron chi connectivity index (χ3n) is 4.39. The topological polar surface area (TPSA) is 29.3 Å². The molecule has 2 N–H and O–H groups in total. The van der Waals surface area contributed by atoms with Crippen molar-refractivity contribution >= 4 is 11.3 Å². The molecule has 3 heteroatoms. The summed E-state index contributed by atoms with van der Waals surface area (Å²) in [5.41, 5.74) is 7.68. The van der Waals surface area contributed by atoms with E-state index in [2.05, 4.69) is 23.3 Å². The molecule has 2 nitrogen and oxygen atoms in total. The highest BCUT2D eigenvalue weighted by atomic mass is 32.1. The minimum Gasteiger partial charge on any atom is -0.328 e. The number of thiophene rings is 1. The van der Waals surface area contributed by atoms with Gasteiger partial charge in [-0.1, -0.05) is 0 Å². The van der Waals surface area contributed by atoms with Crippen LogP contribution in [0.1, 0.15) is 49.1 Å². The quantitative estimate of drug-likeness (QED) is 0.830. The second-order valence-electron chi connectivity index (χ2n) is 5.58. The van der Waals surface area contributed by atoms with Gasteiger partial charge in [-0.2, -0.15) is 0 Å². The fourth-order valence-corrected chi connectivity index (χ4v) is 4.48. The van der Waals surface area contributed by atoms with E-state index in [0.717, 1.165) is 6.42 Å². The molecule has 0 amide bonds. The van der Waals surface area contributed by atoms with Crippen molar-refractivity contribution in [2.24, 2.45) is 5.73 Å². The summed E-state index contributed by atoms with van der Waals surface area (Å²) in [5, 5.41) is 2.27. The standard InChI is InChI=1S/C14H22N2S/c1-10-9-11(15)5-7-16(10)13-3-2-4-14-12(13)6-8-17-14/h6,8,10-11,13H,2-5,7,9,15H2,1H3. The van der Waals surface area contributed by atoms with E-state index in [0.29, 0.717) is 18.1 Å². The Bertz CT molecular complexity index is 387. The van der Waals surface area contributed by atoms with Gasteiger partial charge in [-0.05, 0) is 56.0 Å². The van der Waals surface area contributed by atoms with Gasteiger partial charge in [0.2, 0.25) is 0 Å². The van der Waals surface area contributed by atoms with Gasteiger partial charge in [0.25, 0.3) is 0 Å². The molecule has 94 valence electrons. The molecule has 1 aliphatic heterocycles. The molecule has 0 aromatic carbocycles. The van der Waals surface area contributed by atoms with Gasteiger partial charge in [-0.15, -0.1) is 11.3 Å². The van der Waals surface area contributed by atoms with Crippen LogP contribution in [0.25, 0.3) is 0 Å². The van der Waals surface area contributed by atoms with Gasteiger partial charge in [0.05, 0.1) is 0 Å². The highest BCUT2D eigenvalue weighted by Crippen LogP contribution is 2.39. The van der Waals surface area contributed by atoms with Gasteiger partial charge in [-0.3, -0.25) is 4.90 Å². The van der Waals surface area contributed by atoms with Crippen molar-refractivity contribution in [2.45, 2.75) is 57.2 Å². The summed E-state index contributed by atoms with van der Waals surface area (Å²) >= 11 is 1.94. The molecular weight excluding hydrogens is 228 g/mol. The first kappa shape index (κ1) is 11.7. The SMILES string of the molecule is CC1CC(N)CCN1C1CCCc2sccc21. The van der Waals surface area contributed by atoms with Crippen molar-refractivity contribution in [3.05, 3.63) is 21.9 Å². The predicted molar refractivity (Wildman–Crippen MR) is 73.4 cm³/mol. The van der Waals surface area contributed by atoms with E-state index in [9.17, 15) is 0 Å². The van der Waals surface area contributed by atoms with Crippen LogP contribution in [0.5, 0.6) is 0 Å². The Morgan fingerprint density at radius 3 is 3.12 bits per heavy atom. The summed E-state index contributed by atoms with van der Waals surface area (Å²) < 4.78 is 0. The summed E-state index contributed by atoms with van der Waals surface area (Å²) in [6.07, 6.45) is 6.32. The second kappa shape index (κ2) is 4.71. The molecule has 1 aliphatic carbocycles. The van der Waals surface area contributed by atoms with Crippen LogP contribution in [0.3, 0.4) is 0 Å². The number of nitrogens with zero attached hydrogens (tertiary/aromatic N) is 1. The van der Waals surface area contributed by atoms with Crippen molar-refractivity contribution in [1.82, 2.24) is 4.90 Å². The number of fused-ring (bicyclic) bond motifs is 1. The summed E-state index contributed by atoms with van der Waals surface area (Å²) in [5.74, 6) is 0. The summed E-state index contributed by atoms with van der Waals surface area (Å²) in [4.78, 5) is 4.33. The summed E-state index contributed by atoms with van der Waals surface area (Å²) in [6, 6.07) is 4.10. The van der Waals surface area contributed by atoms with E-state index < -0.39 is 0 Å². The Hall–Kier alpha value is -0.380. The van der Waals surface area contributed by atoms with Gasteiger partial charge in [0.15, 0.2) is 0 Å². The van der Waals surface area contributed by atoms with E-state index in [4.69, 9.17) is 5.73 Å². The van der Waals surface area contributed by atoms with Gasteiger partial charge in [-0.25, -0.2) is 0 Å². The number of aryl methyl sites for hydroxylation is 1. The van der Waals surface area contributed by atoms with E-state index in [-0.39, 0.29) is 0 Å². The van der Waals surface area contributed by atoms with E-state index in [1.807, 2.05) is 11.3 Å². The van der Waals surface area contributed by atoms with Crippen molar-refractivity contribution in [2.75, 3.05) is 6.54 Å². The first-order chi connectivity index (χ1) is 8.25. The Labute approximate surface area is 108 Å². The largest absolute Gasteiger partial charge is 0.328 e. The molecule has 0 saturated carbocycles. The molecule has 0 radical (unpaired) electrons. The number of hydrogen-bond donors (Lipinski definition) is 1. The first-order valence-corrected chi connectivity index (χ1v) is 7.71.